The lowest BCUT2D eigenvalue weighted by atomic mass is 9.92. The summed E-state index contributed by atoms with van der Waals surface area (Å²) in [6.07, 6.45) is 4.01. The van der Waals surface area contributed by atoms with Crippen LogP contribution in [0, 0.1) is 0 Å². The highest BCUT2D eigenvalue weighted by Crippen LogP contribution is 2.25. The zero-order valence-corrected chi connectivity index (χ0v) is 11.6. The van der Waals surface area contributed by atoms with Gasteiger partial charge < -0.3 is 0 Å². The third-order valence-electron chi connectivity index (χ3n) is 2.92. The average Bonchev–Trinajstić information content (AvgIpc) is 2.57. The molecule has 0 radical (unpaired) electrons. The Morgan fingerprint density at radius 2 is 1.65 bits per heavy atom. The van der Waals surface area contributed by atoms with Crippen LogP contribution in [0.5, 0.6) is 0 Å². The Hall–Kier alpha value is -1.38. The lowest BCUT2D eigenvalue weighted by molar-refractivity contribution is 0.555. The SMILES string of the molecule is CC(C)(C)c1ccn2c(C(C)(C)C)cnc2n1. The smallest absolute Gasteiger partial charge is 0.234 e. The van der Waals surface area contributed by atoms with Crippen LogP contribution in [0.2, 0.25) is 0 Å². The lowest BCUT2D eigenvalue weighted by Gasteiger charge is -2.19. The Labute approximate surface area is 103 Å². The van der Waals surface area contributed by atoms with Crippen molar-refractivity contribution in [3.05, 3.63) is 29.8 Å². The van der Waals surface area contributed by atoms with Crippen LogP contribution in [0.3, 0.4) is 0 Å². The van der Waals surface area contributed by atoms with Gasteiger partial charge in [0.2, 0.25) is 5.78 Å². The molecule has 2 rings (SSSR count). The van der Waals surface area contributed by atoms with E-state index in [-0.39, 0.29) is 10.8 Å². The molecular weight excluding hydrogens is 210 g/mol. The second-order valence-corrected chi connectivity index (χ2v) is 6.63. The maximum absolute atomic E-state index is 4.63. The summed E-state index contributed by atoms with van der Waals surface area (Å²) in [7, 11) is 0. The summed E-state index contributed by atoms with van der Waals surface area (Å²) in [4.78, 5) is 9.04. The molecule has 0 N–H and O–H groups in total. The average molecular weight is 231 g/mol. The number of rotatable bonds is 0. The fourth-order valence-electron chi connectivity index (χ4n) is 1.84. The zero-order chi connectivity index (χ0) is 12.8. The summed E-state index contributed by atoms with van der Waals surface area (Å²) in [5.41, 5.74) is 2.43. The van der Waals surface area contributed by atoms with Crippen LogP contribution < -0.4 is 0 Å². The van der Waals surface area contributed by atoms with Gasteiger partial charge in [0, 0.05) is 22.7 Å². The van der Waals surface area contributed by atoms with E-state index in [9.17, 15) is 0 Å². The quantitative estimate of drug-likeness (QED) is 0.696. The van der Waals surface area contributed by atoms with Crippen LogP contribution >= 0.6 is 0 Å². The molecule has 2 aromatic heterocycles. The molecule has 0 spiro atoms. The van der Waals surface area contributed by atoms with Crippen LogP contribution in [0.1, 0.15) is 52.9 Å². The molecule has 0 bridgehead atoms. The Bertz CT molecular complexity index is 539. The van der Waals surface area contributed by atoms with Crippen molar-refractivity contribution in [2.45, 2.75) is 52.4 Å². The van der Waals surface area contributed by atoms with E-state index in [4.69, 9.17) is 0 Å². The molecule has 92 valence electrons. The van der Waals surface area contributed by atoms with E-state index < -0.39 is 0 Å². The number of aromatic nitrogens is 3. The van der Waals surface area contributed by atoms with E-state index in [0.29, 0.717) is 0 Å². The van der Waals surface area contributed by atoms with Crippen molar-refractivity contribution in [2.75, 3.05) is 0 Å². The van der Waals surface area contributed by atoms with Gasteiger partial charge in [0.15, 0.2) is 0 Å². The molecule has 0 aliphatic heterocycles. The van der Waals surface area contributed by atoms with Crippen LogP contribution in [0.25, 0.3) is 5.78 Å². The maximum atomic E-state index is 4.63. The number of imidazole rings is 1. The highest BCUT2D eigenvalue weighted by molar-refractivity contribution is 5.36. The van der Waals surface area contributed by atoms with Gasteiger partial charge in [-0.1, -0.05) is 41.5 Å². The van der Waals surface area contributed by atoms with Gasteiger partial charge in [0.25, 0.3) is 0 Å². The minimum Gasteiger partial charge on any atom is -0.288 e. The fourth-order valence-corrected chi connectivity index (χ4v) is 1.84. The Morgan fingerprint density at radius 1 is 1.00 bits per heavy atom. The van der Waals surface area contributed by atoms with Crippen molar-refractivity contribution < 1.29 is 0 Å². The fraction of sp³-hybridized carbons (Fsp3) is 0.571. The topological polar surface area (TPSA) is 30.2 Å². The number of nitrogens with zero attached hydrogens (tertiary/aromatic N) is 3. The minimum atomic E-state index is 0.0651. The highest BCUT2D eigenvalue weighted by atomic mass is 15.1. The van der Waals surface area contributed by atoms with E-state index in [0.717, 1.165) is 11.5 Å². The van der Waals surface area contributed by atoms with Crippen LogP contribution in [-0.4, -0.2) is 14.4 Å². The van der Waals surface area contributed by atoms with Gasteiger partial charge in [-0.05, 0) is 6.07 Å². The van der Waals surface area contributed by atoms with Crippen molar-refractivity contribution in [2.24, 2.45) is 0 Å². The Morgan fingerprint density at radius 3 is 2.18 bits per heavy atom. The molecule has 2 heterocycles. The summed E-state index contributed by atoms with van der Waals surface area (Å²) in [6, 6.07) is 2.09. The number of hydrogen-bond acceptors (Lipinski definition) is 2. The Kier molecular flexibility index (Phi) is 2.53. The summed E-state index contributed by atoms with van der Waals surface area (Å²) >= 11 is 0. The monoisotopic (exact) mass is 231 g/mol. The molecule has 3 nitrogen and oxygen atoms in total. The molecule has 17 heavy (non-hydrogen) atoms. The van der Waals surface area contributed by atoms with Crippen molar-refractivity contribution >= 4 is 5.78 Å². The summed E-state index contributed by atoms with van der Waals surface area (Å²) < 4.78 is 2.08. The van der Waals surface area contributed by atoms with E-state index in [1.165, 1.54) is 5.69 Å². The normalized spacial score (nSPS) is 13.3. The largest absolute Gasteiger partial charge is 0.288 e. The van der Waals surface area contributed by atoms with Crippen molar-refractivity contribution in [3.8, 4) is 0 Å². The first kappa shape index (κ1) is 12.1. The molecule has 0 unspecified atom stereocenters. The van der Waals surface area contributed by atoms with Crippen LogP contribution in [0.15, 0.2) is 18.5 Å². The lowest BCUT2D eigenvalue weighted by Crippen LogP contribution is -2.17. The molecule has 3 heteroatoms. The number of fused-ring (bicyclic) bond motifs is 1. The molecule has 2 aromatic rings. The third-order valence-corrected chi connectivity index (χ3v) is 2.92. The van der Waals surface area contributed by atoms with E-state index in [2.05, 4.69) is 68.2 Å². The van der Waals surface area contributed by atoms with E-state index in [1.54, 1.807) is 0 Å². The predicted molar refractivity (Wildman–Crippen MR) is 70.4 cm³/mol. The van der Waals surface area contributed by atoms with Gasteiger partial charge in [-0.3, -0.25) is 4.40 Å². The molecule has 0 amide bonds. The molecule has 0 aliphatic rings. The second-order valence-electron chi connectivity index (χ2n) is 6.63. The van der Waals surface area contributed by atoms with Crippen molar-refractivity contribution in [1.82, 2.24) is 14.4 Å². The van der Waals surface area contributed by atoms with Crippen LogP contribution in [0.4, 0.5) is 0 Å². The molecule has 0 saturated carbocycles. The first-order chi connectivity index (χ1) is 7.69. The van der Waals surface area contributed by atoms with Gasteiger partial charge in [-0.2, -0.15) is 0 Å². The summed E-state index contributed by atoms with van der Waals surface area (Å²) in [6.45, 7) is 13.1. The van der Waals surface area contributed by atoms with E-state index >= 15 is 0 Å². The summed E-state index contributed by atoms with van der Waals surface area (Å²) in [5, 5.41) is 0. The third kappa shape index (κ3) is 2.19. The van der Waals surface area contributed by atoms with Crippen molar-refractivity contribution in [1.29, 1.82) is 0 Å². The number of hydrogen-bond donors (Lipinski definition) is 0. The highest BCUT2D eigenvalue weighted by Gasteiger charge is 2.21. The molecule has 0 aromatic carbocycles. The second kappa shape index (κ2) is 3.56. The first-order valence-corrected chi connectivity index (χ1v) is 6.05. The standard InChI is InChI=1S/C14H21N3/c1-13(2,3)10-7-8-17-11(14(4,5)6)9-15-12(17)16-10/h7-9H,1-6H3. The minimum absolute atomic E-state index is 0.0651. The molecule has 0 aliphatic carbocycles. The van der Waals surface area contributed by atoms with Crippen molar-refractivity contribution in [3.63, 3.8) is 0 Å². The Balaban J connectivity index is 2.61. The maximum Gasteiger partial charge on any atom is 0.234 e. The molecular formula is C14H21N3. The predicted octanol–water partition coefficient (Wildman–Crippen LogP) is 3.32. The van der Waals surface area contributed by atoms with Gasteiger partial charge >= 0.3 is 0 Å². The molecule has 0 fully saturated rings. The van der Waals surface area contributed by atoms with Gasteiger partial charge in [-0.15, -0.1) is 0 Å². The first-order valence-electron chi connectivity index (χ1n) is 6.05. The van der Waals surface area contributed by atoms with Gasteiger partial charge in [-0.25, -0.2) is 9.97 Å². The van der Waals surface area contributed by atoms with E-state index in [1.807, 2.05) is 6.20 Å². The summed E-state index contributed by atoms with van der Waals surface area (Å²) in [5.74, 6) is 0.794. The van der Waals surface area contributed by atoms with Gasteiger partial charge in [0.05, 0.1) is 11.9 Å². The molecule has 0 saturated heterocycles. The zero-order valence-electron chi connectivity index (χ0n) is 11.6. The molecule has 0 atom stereocenters. The van der Waals surface area contributed by atoms with Gasteiger partial charge in [0.1, 0.15) is 0 Å². The van der Waals surface area contributed by atoms with Crippen LogP contribution in [-0.2, 0) is 10.8 Å².